The van der Waals surface area contributed by atoms with Crippen LogP contribution in [-0.2, 0) is 9.59 Å². The molecule has 0 radical (unpaired) electrons. The molecule has 0 fully saturated rings. The fourth-order valence-electron chi connectivity index (χ4n) is 3.07. The Morgan fingerprint density at radius 1 is 0.929 bits per heavy atom. The number of carbonyl (C=O) groups is 4. The summed E-state index contributed by atoms with van der Waals surface area (Å²) in [5.41, 5.74) is 3.65. The van der Waals surface area contributed by atoms with E-state index in [1.165, 1.54) is 6.92 Å². The van der Waals surface area contributed by atoms with Crippen molar-refractivity contribution in [3.63, 3.8) is 0 Å². The lowest BCUT2D eigenvalue weighted by Crippen LogP contribution is -2.32. The van der Waals surface area contributed by atoms with E-state index in [-0.39, 0.29) is 36.6 Å². The normalized spacial score (nSPS) is 12.8. The summed E-state index contributed by atoms with van der Waals surface area (Å²) in [5.74, 6) is -1.28. The van der Waals surface area contributed by atoms with Crippen LogP contribution in [0.4, 0.5) is 11.4 Å². The van der Waals surface area contributed by atoms with Crippen LogP contribution in [0.3, 0.4) is 0 Å². The molecule has 7 nitrogen and oxygen atoms in total. The monoisotopic (exact) mass is 379 g/mol. The van der Waals surface area contributed by atoms with E-state index in [1.807, 2.05) is 13.8 Å². The fraction of sp³-hybridized carbons (Fsp3) is 0.238. The number of imide groups is 1. The zero-order valence-electron chi connectivity index (χ0n) is 16.0. The highest BCUT2D eigenvalue weighted by molar-refractivity contribution is 6.21. The van der Waals surface area contributed by atoms with Crippen LogP contribution in [0.2, 0.25) is 0 Å². The van der Waals surface area contributed by atoms with Crippen molar-refractivity contribution in [2.45, 2.75) is 27.2 Å². The van der Waals surface area contributed by atoms with Crippen molar-refractivity contribution in [2.24, 2.45) is 0 Å². The van der Waals surface area contributed by atoms with Crippen LogP contribution in [-0.4, -0.2) is 35.1 Å². The fourth-order valence-corrected chi connectivity index (χ4v) is 3.07. The topological polar surface area (TPSA) is 95.6 Å². The Balaban J connectivity index is 1.63. The molecule has 144 valence electrons. The van der Waals surface area contributed by atoms with Crippen LogP contribution in [0, 0.1) is 13.8 Å². The van der Waals surface area contributed by atoms with Gasteiger partial charge < -0.3 is 10.6 Å². The summed E-state index contributed by atoms with van der Waals surface area (Å²) in [6.07, 6.45) is -0.0200. The van der Waals surface area contributed by atoms with Gasteiger partial charge in [-0.05, 0) is 43.7 Å². The molecule has 28 heavy (non-hydrogen) atoms. The quantitative estimate of drug-likeness (QED) is 0.781. The molecule has 2 aromatic rings. The summed E-state index contributed by atoms with van der Waals surface area (Å²) >= 11 is 0. The second-order valence-electron chi connectivity index (χ2n) is 6.82. The number of benzene rings is 2. The Labute approximate surface area is 162 Å². The highest BCUT2D eigenvalue weighted by Gasteiger charge is 2.35. The van der Waals surface area contributed by atoms with Gasteiger partial charge in [-0.25, -0.2) is 0 Å². The zero-order valence-corrected chi connectivity index (χ0v) is 16.0. The van der Waals surface area contributed by atoms with Crippen molar-refractivity contribution in [3.8, 4) is 0 Å². The van der Waals surface area contributed by atoms with E-state index in [1.54, 1.807) is 36.4 Å². The maximum Gasteiger partial charge on any atom is 0.261 e. The van der Waals surface area contributed by atoms with Crippen LogP contribution < -0.4 is 10.6 Å². The first-order valence-electron chi connectivity index (χ1n) is 8.91. The van der Waals surface area contributed by atoms with E-state index in [9.17, 15) is 19.2 Å². The lowest BCUT2D eigenvalue weighted by Gasteiger charge is -2.14. The Bertz CT molecular complexity index is 997. The smallest absolute Gasteiger partial charge is 0.261 e. The molecule has 4 amide bonds. The molecule has 1 aliphatic heterocycles. The zero-order chi connectivity index (χ0) is 20.4. The van der Waals surface area contributed by atoms with Crippen molar-refractivity contribution in [1.29, 1.82) is 0 Å². The van der Waals surface area contributed by atoms with Crippen molar-refractivity contribution >= 4 is 35.0 Å². The molecular weight excluding hydrogens is 358 g/mol. The Hall–Kier alpha value is -3.48. The summed E-state index contributed by atoms with van der Waals surface area (Å²) in [4.78, 5) is 49.5. The van der Waals surface area contributed by atoms with Gasteiger partial charge in [0.15, 0.2) is 0 Å². The molecule has 0 bridgehead atoms. The third-order valence-corrected chi connectivity index (χ3v) is 4.52. The number of aryl methyl sites for hydroxylation is 2. The van der Waals surface area contributed by atoms with Gasteiger partial charge in [-0.1, -0.05) is 17.7 Å². The number of amides is 4. The summed E-state index contributed by atoms with van der Waals surface area (Å²) in [6, 6.07) is 10.3. The van der Waals surface area contributed by atoms with Crippen molar-refractivity contribution in [2.75, 3.05) is 17.2 Å². The number of nitrogens with one attached hydrogen (secondary N) is 2. The molecule has 0 aliphatic carbocycles. The van der Waals surface area contributed by atoms with E-state index in [4.69, 9.17) is 0 Å². The first-order valence-corrected chi connectivity index (χ1v) is 8.91. The molecule has 0 unspecified atom stereocenters. The summed E-state index contributed by atoms with van der Waals surface area (Å²) in [6.45, 7) is 5.11. The maximum absolute atomic E-state index is 12.4. The number of hydrogen-bond acceptors (Lipinski definition) is 4. The molecule has 0 saturated heterocycles. The highest BCUT2D eigenvalue weighted by atomic mass is 16.2. The largest absolute Gasteiger partial charge is 0.326 e. The minimum atomic E-state index is -0.379. The molecule has 2 aromatic carbocycles. The number of anilines is 2. The van der Waals surface area contributed by atoms with Gasteiger partial charge in [-0.2, -0.15) is 0 Å². The number of carbonyl (C=O) groups excluding carboxylic acids is 4. The first kappa shape index (κ1) is 19.3. The van der Waals surface area contributed by atoms with E-state index in [2.05, 4.69) is 10.6 Å². The number of hydrogen-bond donors (Lipinski definition) is 2. The van der Waals surface area contributed by atoms with Crippen molar-refractivity contribution in [3.05, 3.63) is 58.7 Å². The number of nitrogens with zero attached hydrogens (tertiary/aromatic N) is 1. The molecule has 0 spiro atoms. The first-order chi connectivity index (χ1) is 13.3. The molecule has 1 aliphatic rings. The molecule has 2 N–H and O–H groups in total. The standard InChI is InChI=1S/C21H21N3O4/c1-12-4-7-16-17(10-12)21(28)24(20(16)27)9-8-19(26)23-15-6-5-13(2)18(11-15)22-14(3)25/h4-7,10-11H,8-9H2,1-3H3,(H,22,25)(H,23,26). The Morgan fingerprint density at radius 2 is 1.64 bits per heavy atom. The molecule has 0 aromatic heterocycles. The van der Waals surface area contributed by atoms with Gasteiger partial charge >= 0.3 is 0 Å². The van der Waals surface area contributed by atoms with Crippen molar-refractivity contribution < 1.29 is 19.2 Å². The summed E-state index contributed by atoms with van der Waals surface area (Å²) < 4.78 is 0. The molecule has 0 atom stereocenters. The third-order valence-electron chi connectivity index (χ3n) is 4.52. The van der Waals surface area contributed by atoms with Crippen LogP contribution in [0.25, 0.3) is 0 Å². The average Bonchev–Trinajstić information content (AvgIpc) is 2.86. The molecule has 3 rings (SSSR count). The lowest BCUT2D eigenvalue weighted by molar-refractivity contribution is -0.116. The second-order valence-corrected chi connectivity index (χ2v) is 6.82. The van der Waals surface area contributed by atoms with E-state index >= 15 is 0 Å². The summed E-state index contributed by atoms with van der Waals surface area (Å²) in [5, 5.41) is 5.43. The van der Waals surface area contributed by atoms with E-state index in [0.29, 0.717) is 22.5 Å². The molecular formula is C21H21N3O4. The molecule has 0 saturated carbocycles. The van der Waals surface area contributed by atoms with E-state index in [0.717, 1.165) is 16.0 Å². The second kappa shape index (κ2) is 7.64. The maximum atomic E-state index is 12.4. The van der Waals surface area contributed by atoms with Gasteiger partial charge in [-0.3, -0.25) is 24.1 Å². The van der Waals surface area contributed by atoms with Gasteiger partial charge in [0, 0.05) is 31.3 Å². The van der Waals surface area contributed by atoms with Crippen LogP contribution in [0.1, 0.15) is 45.2 Å². The van der Waals surface area contributed by atoms with Crippen molar-refractivity contribution in [1.82, 2.24) is 4.90 Å². The van der Waals surface area contributed by atoms with Gasteiger partial charge in [0.25, 0.3) is 11.8 Å². The Kier molecular flexibility index (Phi) is 5.26. The predicted octanol–water partition coefficient (Wildman–Crippen LogP) is 2.89. The molecule has 1 heterocycles. The lowest BCUT2D eigenvalue weighted by atomic mass is 10.1. The van der Waals surface area contributed by atoms with Gasteiger partial charge in [0.05, 0.1) is 11.1 Å². The van der Waals surface area contributed by atoms with Crippen LogP contribution in [0.5, 0.6) is 0 Å². The number of fused-ring (bicyclic) bond motifs is 1. The average molecular weight is 379 g/mol. The number of rotatable bonds is 5. The molecule has 7 heteroatoms. The summed E-state index contributed by atoms with van der Waals surface area (Å²) in [7, 11) is 0. The van der Waals surface area contributed by atoms with E-state index < -0.39 is 0 Å². The van der Waals surface area contributed by atoms with Gasteiger partial charge in [0.1, 0.15) is 0 Å². The predicted molar refractivity (Wildman–Crippen MR) is 105 cm³/mol. The Morgan fingerprint density at radius 3 is 2.36 bits per heavy atom. The highest BCUT2D eigenvalue weighted by Crippen LogP contribution is 2.24. The minimum absolute atomic E-state index is 0.00163. The minimum Gasteiger partial charge on any atom is -0.326 e. The van der Waals surface area contributed by atoms with Crippen LogP contribution in [0.15, 0.2) is 36.4 Å². The SMILES string of the molecule is CC(=O)Nc1cc(NC(=O)CCN2C(=O)c3ccc(C)cc3C2=O)ccc1C. The van der Waals surface area contributed by atoms with Crippen LogP contribution >= 0.6 is 0 Å². The van der Waals surface area contributed by atoms with Gasteiger partial charge in [-0.15, -0.1) is 0 Å². The van der Waals surface area contributed by atoms with Gasteiger partial charge in [0.2, 0.25) is 11.8 Å². The third kappa shape index (κ3) is 3.93.